The van der Waals surface area contributed by atoms with Crippen molar-refractivity contribution in [2.24, 2.45) is 0 Å². The van der Waals surface area contributed by atoms with Gasteiger partial charge in [0.05, 0.1) is 24.3 Å². The van der Waals surface area contributed by atoms with Gasteiger partial charge in [-0.15, -0.1) is 0 Å². The Kier molecular flexibility index (Phi) is 3.98. The number of hydrogen-bond donors (Lipinski definition) is 1. The molecule has 0 saturated carbocycles. The number of methoxy groups -OCH3 is 1. The second kappa shape index (κ2) is 5.87. The lowest BCUT2D eigenvalue weighted by atomic mass is 10.3. The van der Waals surface area contributed by atoms with Crippen molar-refractivity contribution in [2.45, 2.75) is 0 Å². The first-order chi connectivity index (χ1) is 10.0. The molecule has 1 heterocycles. The molecule has 8 heteroatoms. The van der Waals surface area contributed by atoms with E-state index in [1.807, 2.05) is 0 Å². The van der Waals surface area contributed by atoms with Crippen molar-refractivity contribution in [3.63, 3.8) is 0 Å². The molecule has 0 saturated heterocycles. The molecule has 0 radical (unpaired) electrons. The van der Waals surface area contributed by atoms with Crippen LogP contribution in [0.3, 0.4) is 0 Å². The average molecular weight is 290 g/mol. The van der Waals surface area contributed by atoms with Gasteiger partial charge >= 0.3 is 5.97 Å². The van der Waals surface area contributed by atoms with Gasteiger partial charge in [-0.3, -0.25) is 10.1 Å². The van der Waals surface area contributed by atoms with Gasteiger partial charge in [0.1, 0.15) is 11.4 Å². The number of pyridine rings is 1. The highest BCUT2D eigenvalue weighted by molar-refractivity contribution is 5.85. The number of carboxylic acid groups (broad SMARTS) is 1. The van der Waals surface area contributed by atoms with Gasteiger partial charge in [-0.1, -0.05) is 0 Å². The van der Waals surface area contributed by atoms with Gasteiger partial charge in [0.15, 0.2) is 11.5 Å². The van der Waals surface area contributed by atoms with Crippen molar-refractivity contribution >= 4 is 11.7 Å². The third-order valence-corrected chi connectivity index (χ3v) is 2.54. The SMILES string of the molecule is COc1cc([N+](=O)[O-])ccc1Oc1ccc(C(=O)O)nc1. The molecule has 0 amide bonds. The molecular formula is C13H10N2O6. The first-order valence-corrected chi connectivity index (χ1v) is 5.71. The maximum absolute atomic E-state index is 10.7. The molecule has 0 spiro atoms. The molecule has 0 bridgehead atoms. The summed E-state index contributed by atoms with van der Waals surface area (Å²) in [5.41, 5.74) is -0.239. The van der Waals surface area contributed by atoms with Gasteiger partial charge in [0.25, 0.3) is 5.69 Å². The van der Waals surface area contributed by atoms with Crippen molar-refractivity contribution in [1.29, 1.82) is 0 Å². The summed E-state index contributed by atoms with van der Waals surface area (Å²) in [7, 11) is 1.36. The van der Waals surface area contributed by atoms with E-state index in [0.29, 0.717) is 0 Å². The van der Waals surface area contributed by atoms with Crippen molar-refractivity contribution in [1.82, 2.24) is 4.98 Å². The van der Waals surface area contributed by atoms with Crippen molar-refractivity contribution < 1.29 is 24.3 Å². The predicted octanol–water partition coefficient (Wildman–Crippen LogP) is 2.49. The minimum Gasteiger partial charge on any atom is -0.493 e. The Labute approximate surface area is 118 Å². The Balaban J connectivity index is 2.26. The summed E-state index contributed by atoms with van der Waals surface area (Å²) >= 11 is 0. The summed E-state index contributed by atoms with van der Waals surface area (Å²) in [4.78, 5) is 24.5. The molecule has 2 rings (SSSR count). The van der Waals surface area contributed by atoms with E-state index in [2.05, 4.69) is 4.98 Å². The summed E-state index contributed by atoms with van der Waals surface area (Å²) in [6.45, 7) is 0. The summed E-state index contributed by atoms with van der Waals surface area (Å²) in [5.74, 6) is -0.416. The van der Waals surface area contributed by atoms with Crippen molar-refractivity contribution in [3.05, 3.63) is 52.3 Å². The van der Waals surface area contributed by atoms with E-state index in [0.717, 1.165) is 0 Å². The number of non-ortho nitro benzene ring substituents is 1. The molecule has 0 atom stereocenters. The smallest absolute Gasteiger partial charge is 0.354 e. The van der Waals surface area contributed by atoms with Crippen molar-refractivity contribution in [2.75, 3.05) is 7.11 Å². The summed E-state index contributed by atoms with van der Waals surface area (Å²) in [6.07, 6.45) is 1.24. The number of hydrogen-bond acceptors (Lipinski definition) is 6. The van der Waals surface area contributed by atoms with E-state index in [4.69, 9.17) is 14.6 Å². The van der Waals surface area contributed by atoms with E-state index < -0.39 is 10.9 Å². The lowest BCUT2D eigenvalue weighted by molar-refractivity contribution is -0.384. The maximum atomic E-state index is 10.7. The number of carboxylic acids is 1. The molecule has 8 nitrogen and oxygen atoms in total. The fraction of sp³-hybridized carbons (Fsp3) is 0.0769. The van der Waals surface area contributed by atoms with Gasteiger partial charge < -0.3 is 14.6 Å². The number of aromatic nitrogens is 1. The number of nitrogens with zero attached hydrogens (tertiary/aromatic N) is 2. The summed E-state index contributed by atoms with van der Waals surface area (Å²) < 4.78 is 10.5. The number of rotatable bonds is 5. The number of ether oxygens (including phenoxy) is 2. The minimum atomic E-state index is -1.14. The molecule has 0 aliphatic heterocycles. The average Bonchev–Trinajstić information content (AvgIpc) is 2.48. The molecule has 1 N–H and O–H groups in total. The number of aromatic carboxylic acids is 1. The van der Waals surface area contributed by atoms with Crippen LogP contribution in [-0.4, -0.2) is 28.1 Å². The van der Waals surface area contributed by atoms with E-state index in [1.165, 1.54) is 43.6 Å². The summed E-state index contributed by atoms with van der Waals surface area (Å²) in [6, 6.07) is 6.61. The van der Waals surface area contributed by atoms with Crippen LogP contribution in [0.4, 0.5) is 5.69 Å². The van der Waals surface area contributed by atoms with Crippen LogP contribution in [0.2, 0.25) is 0 Å². The standard InChI is InChI=1S/C13H10N2O6/c1-20-12-6-8(15(18)19)2-5-11(12)21-9-3-4-10(13(16)17)14-7-9/h2-7H,1H3,(H,16,17). The third kappa shape index (κ3) is 3.24. The van der Waals surface area contributed by atoms with Gasteiger partial charge in [-0.05, 0) is 18.2 Å². The Bertz CT molecular complexity index is 684. The van der Waals surface area contributed by atoms with E-state index in [9.17, 15) is 14.9 Å². The first kappa shape index (κ1) is 14.3. The van der Waals surface area contributed by atoms with Gasteiger partial charge in [0, 0.05) is 6.07 Å². The second-order valence-electron chi connectivity index (χ2n) is 3.88. The Morgan fingerprint density at radius 1 is 1.29 bits per heavy atom. The monoisotopic (exact) mass is 290 g/mol. The zero-order valence-electron chi connectivity index (χ0n) is 10.8. The van der Waals surface area contributed by atoms with Crippen LogP contribution in [0, 0.1) is 10.1 Å². The highest BCUT2D eigenvalue weighted by Gasteiger charge is 2.13. The number of benzene rings is 1. The summed E-state index contributed by atoms with van der Waals surface area (Å²) in [5, 5.41) is 19.4. The molecule has 21 heavy (non-hydrogen) atoms. The van der Waals surface area contributed by atoms with Crippen LogP contribution in [0.15, 0.2) is 36.5 Å². The van der Waals surface area contributed by atoms with E-state index in [-0.39, 0.29) is 28.6 Å². The molecule has 108 valence electrons. The van der Waals surface area contributed by atoms with Crippen LogP contribution < -0.4 is 9.47 Å². The Morgan fingerprint density at radius 3 is 2.57 bits per heavy atom. The lowest BCUT2D eigenvalue weighted by Gasteiger charge is -2.09. The minimum absolute atomic E-state index is 0.113. The number of carbonyl (C=O) groups is 1. The first-order valence-electron chi connectivity index (χ1n) is 5.71. The number of nitro benzene ring substituents is 1. The van der Waals surface area contributed by atoms with Gasteiger partial charge in [0.2, 0.25) is 0 Å². The maximum Gasteiger partial charge on any atom is 0.354 e. The molecule has 0 fully saturated rings. The highest BCUT2D eigenvalue weighted by Crippen LogP contribution is 2.34. The molecule has 1 aromatic heterocycles. The largest absolute Gasteiger partial charge is 0.493 e. The fourth-order valence-corrected chi connectivity index (χ4v) is 1.55. The van der Waals surface area contributed by atoms with Gasteiger partial charge in [-0.25, -0.2) is 9.78 Å². The topological polar surface area (TPSA) is 112 Å². The van der Waals surface area contributed by atoms with Crippen molar-refractivity contribution in [3.8, 4) is 17.2 Å². The quantitative estimate of drug-likeness (QED) is 0.664. The molecule has 0 aliphatic carbocycles. The van der Waals surface area contributed by atoms with Crippen LogP contribution in [0.25, 0.3) is 0 Å². The van der Waals surface area contributed by atoms with Crippen LogP contribution in [-0.2, 0) is 0 Å². The molecule has 1 aromatic carbocycles. The Morgan fingerprint density at radius 2 is 2.05 bits per heavy atom. The predicted molar refractivity (Wildman–Crippen MR) is 70.9 cm³/mol. The van der Waals surface area contributed by atoms with Crippen LogP contribution in [0.1, 0.15) is 10.5 Å². The van der Waals surface area contributed by atoms with Crippen LogP contribution in [0.5, 0.6) is 17.2 Å². The fourth-order valence-electron chi connectivity index (χ4n) is 1.55. The molecule has 0 aliphatic rings. The molecule has 0 unspecified atom stereocenters. The third-order valence-electron chi connectivity index (χ3n) is 2.54. The van der Waals surface area contributed by atoms with E-state index >= 15 is 0 Å². The molecular weight excluding hydrogens is 280 g/mol. The van der Waals surface area contributed by atoms with Crippen LogP contribution >= 0.6 is 0 Å². The zero-order valence-corrected chi connectivity index (χ0v) is 10.8. The van der Waals surface area contributed by atoms with E-state index in [1.54, 1.807) is 0 Å². The highest BCUT2D eigenvalue weighted by atomic mass is 16.6. The molecule has 2 aromatic rings. The Hall–Kier alpha value is -3.16. The lowest BCUT2D eigenvalue weighted by Crippen LogP contribution is -1.99. The number of nitro groups is 1. The normalized spacial score (nSPS) is 9.95. The second-order valence-corrected chi connectivity index (χ2v) is 3.88. The zero-order chi connectivity index (χ0) is 15.4. The van der Waals surface area contributed by atoms with Gasteiger partial charge in [-0.2, -0.15) is 0 Å².